The van der Waals surface area contributed by atoms with Gasteiger partial charge in [-0.05, 0) is 29.8 Å². The Kier molecular flexibility index (Phi) is 4.25. The Morgan fingerprint density at radius 2 is 1.95 bits per heavy atom. The molecule has 3 N–H and O–H groups in total. The van der Waals surface area contributed by atoms with Crippen molar-refractivity contribution < 1.29 is 4.74 Å². The van der Waals surface area contributed by atoms with Gasteiger partial charge < -0.3 is 15.4 Å². The zero-order chi connectivity index (χ0) is 14.5. The van der Waals surface area contributed by atoms with Crippen LogP contribution in [0, 0.1) is 5.41 Å². The van der Waals surface area contributed by atoms with Gasteiger partial charge >= 0.3 is 0 Å². The molecule has 0 amide bonds. The van der Waals surface area contributed by atoms with Crippen LogP contribution in [0.15, 0.2) is 48.5 Å². The summed E-state index contributed by atoms with van der Waals surface area (Å²) in [6.45, 7) is 0.724. The van der Waals surface area contributed by atoms with E-state index < -0.39 is 0 Å². The third kappa shape index (κ3) is 3.09. The van der Waals surface area contributed by atoms with E-state index in [0.29, 0.717) is 0 Å². The molecule has 0 fully saturated rings. The summed E-state index contributed by atoms with van der Waals surface area (Å²) < 4.78 is 5.23. The van der Waals surface area contributed by atoms with Gasteiger partial charge in [-0.1, -0.05) is 24.3 Å². The molecule has 0 bridgehead atoms. The van der Waals surface area contributed by atoms with Crippen LogP contribution in [0.5, 0.6) is 5.75 Å². The van der Waals surface area contributed by atoms with Crippen molar-refractivity contribution in [2.75, 3.05) is 19.1 Å². The molecule has 0 aromatic heterocycles. The molecule has 2 aromatic rings. The van der Waals surface area contributed by atoms with Gasteiger partial charge in [0.15, 0.2) is 0 Å². The number of benzene rings is 2. The van der Waals surface area contributed by atoms with E-state index in [0.717, 1.165) is 29.1 Å². The fourth-order valence-corrected chi connectivity index (χ4v) is 2.16. The third-order valence-electron chi connectivity index (χ3n) is 3.16. The zero-order valence-corrected chi connectivity index (χ0v) is 11.8. The van der Waals surface area contributed by atoms with Gasteiger partial charge in [-0.2, -0.15) is 0 Å². The van der Waals surface area contributed by atoms with Crippen LogP contribution in [0.3, 0.4) is 0 Å². The van der Waals surface area contributed by atoms with Gasteiger partial charge in [0.2, 0.25) is 0 Å². The van der Waals surface area contributed by atoms with Crippen molar-refractivity contribution >= 4 is 11.5 Å². The number of amidine groups is 1. The van der Waals surface area contributed by atoms with Gasteiger partial charge in [-0.15, -0.1) is 0 Å². The van der Waals surface area contributed by atoms with E-state index in [1.807, 2.05) is 49.5 Å². The highest BCUT2D eigenvalue weighted by molar-refractivity contribution is 6.00. The molecule has 0 saturated heterocycles. The van der Waals surface area contributed by atoms with Crippen LogP contribution in [-0.2, 0) is 6.54 Å². The summed E-state index contributed by atoms with van der Waals surface area (Å²) in [7, 11) is 3.65. The molecule has 0 aliphatic rings. The number of hydrogen-bond acceptors (Lipinski definition) is 3. The van der Waals surface area contributed by atoms with Crippen molar-refractivity contribution in [3.8, 4) is 5.75 Å². The fraction of sp³-hybridized carbons (Fsp3) is 0.188. The number of anilines is 1. The van der Waals surface area contributed by atoms with Crippen LogP contribution in [0.1, 0.15) is 11.1 Å². The number of ether oxygens (including phenoxy) is 1. The summed E-state index contributed by atoms with van der Waals surface area (Å²) in [5.41, 5.74) is 8.47. The summed E-state index contributed by atoms with van der Waals surface area (Å²) in [6.07, 6.45) is 0. The quantitative estimate of drug-likeness (QED) is 0.648. The van der Waals surface area contributed by atoms with E-state index in [1.54, 1.807) is 7.11 Å². The Morgan fingerprint density at radius 3 is 2.65 bits per heavy atom. The summed E-state index contributed by atoms with van der Waals surface area (Å²) in [5.74, 6) is 0.925. The molecule has 0 radical (unpaired) electrons. The first-order valence-electron chi connectivity index (χ1n) is 6.39. The summed E-state index contributed by atoms with van der Waals surface area (Å²) >= 11 is 0. The Morgan fingerprint density at radius 1 is 1.20 bits per heavy atom. The lowest BCUT2D eigenvalue weighted by molar-refractivity contribution is 0.414. The topological polar surface area (TPSA) is 62.3 Å². The van der Waals surface area contributed by atoms with E-state index in [4.69, 9.17) is 15.9 Å². The van der Waals surface area contributed by atoms with Crippen LogP contribution < -0.4 is 15.4 Å². The molecule has 0 saturated carbocycles. The standard InChI is InChI=1S/C16H19N3O/c1-19(11-12-6-5-7-13(10-12)20-2)15-9-4-3-8-14(15)16(17)18/h3-10H,11H2,1-2H3,(H3,17,18). The third-order valence-corrected chi connectivity index (χ3v) is 3.16. The second-order valence-corrected chi connectivity index (χ2v) is 4.64. The number of hydrogen-bond donors (Lipinski definition) is 2. The molecule has 0 unspecified atom stereocenters. The van der Waals surface area contributed by atoms with E-state index in [2.05, 4.69) is 11.0 Å². The number of methoxy groups -OCH3 is 1. The van der Waals surface area contributed by atoms with Crippen LogP contribution in [0.4, 0.5) is 5.69 Å². The van der Waals surface area contributed by atoms with Crippen molar-refractivity contribution in [1.82, 2.24) is 0 Å². The van der Waals surface area contributed by atoms with Gasteiger partial charge in [0, 0.05) is 24.8 Å². The van der Waals surface area contributed by atoms with Crippen LogP contribution >= 0.6 is 0 Å². The van der Waals surface area contributed by atoms with Crippen LogP contribution in [-0.4, -0.2) is 20.0 Å². The first kappa shape index (κ1) is 13.9. The molecule has 20 heavy (non-hydrogen) atoms. The molecule has 104 valence electrons. The lowest BCUT2D eigenvalue weighted by Gasteiger charge is -2.22. The maximum absolute atomic E-state index is 7.64. The molecule has 0 aliphatic carbocycles. The lowest BCUT2D eigenvalue weighted by atomic mass is 10.1. The molecule has 2 aromatic carbocycles. The van der Waals surface area contributed by atoms with Crippen LogP contribution in [0.2, 0.25) is 0 Å². The van der Waals surface area contributed by atoms with Crippen molar-refractivity contribution in [3.05, 3.63) is 59.7 Å². The van der Waals surface area contributed by atoms with Crippen molar-refractivity contribution in [2.24, 2.45) is 5.73 Å². The van der Waals surface area contributed by atoms with Crippen molar-refractivity contribution in [2.45, 2.75) is 6.54 Å². The predicted octanol–water partition coefficient (Wildman–Crippen LogP) is 2.62. The van der Waals surface area contributed by atoms with Gasteiger partial charge in [0.25, 0.3) is 0 Å². The number of nitrogens with two attached hydrogens (primary N) is 1. The first-order valence-corrected chi connectivity index (χ1v) is 6.39. The zero-order valence-electron chi connectivity index (χ0n) is 11.8. The minimum Gasteiger partial charge on any atom is -0.497 e. The Hall–Kier alpha value is -2.49. The maximum Gasteiger partial charge on any atom is 0.124 e. The predicted molar refractivity (Wildman–Crippen MR) is 82.6 cm³/mol. The molecule has 4 nitrogen and oxygen atoms in total. The minimum atomic E-state index is 0.0816. The first-order chi connectivity index (χ1) is 9.61. The monoisotopic (exact) mass is 269 g/mol. The largest absolute Gasteiger partial charge is 0.497 e. The number of nitrogens with one attached hydrogen (secondary N) is 1. The maximum atomic E-state index is 7.64. The molecule has 0 aliphatic heterocycles. The normalized spacial score (nSPS) is 10.1. The van der Waals surface area contributed by atoms with Gasteiger partial charge in [-0.3, -0.25) is 5.41 Å². The molecule has 2 rings (SSSR count). The fourth-order valence-electron chi connectivity index (χ4n) is 2.16. The molecular formula is C16H19N3O. The van der Waals surface area contributed by atoms with E-state index >= 15 is 0 Å². The second-order valence-electron chi connectivity index (χ2n) is 4.64. The van der Waals surface area contributed by atoms with E-state index in [1.165, 1.54) is 0 Å². The Bertz CT molecular complexity index is 610. The highest BCUT2D eigenvalue weighted by atomic mass is 16.5. The average molecular weight is 269 g/mol. The highest BCUT2D eigenvalue weighted by Gasteiger charge is 2.09. The second kappa shape index (κ2) is 6.10. The number of rotatable bonds is 5. The summed E-state index contributed by atoms with van der Waals surface area (Å²) in [5, 5.41) is 7.64. The Balaban J connectivity index is 2.23. The minimum absolute atomic E-state index is 0.0816. The SMILES string of the molecule is COc1cccc(CN(C)c2ccccc2C(=N)N)c1. The summed E-state index contributed by atoms with van der Waals surface area (Å²) in [4.78, 5) is 2.07. The molecule has 0 spiro atoms. The molecule has 0 atom stereocenters. The average Bonchev–Trinajstić information content (AvgIpc) is 2.47. The van der Waals surface area contributed by atoms with Gasteiger partial charge in [0.05, 0.1) is 7.11 Å². The van der Waals surface area contributed by atoms with Crippen LogP contribution in [0.25, 0.3) is 0 Å². The van der Waals surface area contributed by atoms with E-state index in [-0.39, 0.29) is 5.84 Å². The van der Waals surface area contributed by atoms with Gasteiger partial charge in [0.1, 0.15) is 11.6 Å². The smallest absolute Gasteiger partial charge is 0.124 e. The number of nitrogen functional groups attached to an aromatic ring is 1. The molecular weight excluding hydrogens is 250 g/mol. The van der Waals surface area contributed by atoms with E-state index in [9.17, 15) is 0 Å². The molecule has 4 heteroatoms. The van der Waals surface area contributed by atoms with Gasteiger partial charge in [-0.25, -0.2) is 0 Å². The highest BCUT2D eigenvalue weighted by Crippen LogP contribution is 2.21. The summed E-state index contributed by atoms with van der Waals surface area (Å²) in [6, 6.07) is 15.6. The van der Waals surface area contributed by atoms with Crippen molar-refractivity contribution in [1.29, 1.82) is 5.41 Å². The number of para-hydroxylation sites is 1. The number of nitrogens with zero attached hydrogens (tertiary/aromatic N) is 1. The lowest BCUT2D eigenvalue weighted by Crippen LogP contribution is -2.21. The Labute approximate surface area is 119 Å². The molecule has 0 heterocycles. The van der Waals surface area contributed by atoms with Crippen molar-refractivity contribution in [3.63, 3.8) is 0 Å².